The van der Waals surface area contributed by atoms with E-state index in [0.29, 0.717) is 11.8 Å². The molecule has 0 bridgehead atoms. The highest BCUT2D eigenvalue weighted by molar-refractivity contribution is 7.18. The Kier molecular flexibility index (Phi) is 4.31. The number of fused-ring (bicyclic) bond motifs is 1. The van der Waals surface area contributed by atoms with Crippen LogP contribution in [0.1, 0.15) is 43.0 Å². The quantitative estimate of drug-likeness (QED) is 0.920. The molecule has 0 saturated carbocycles. The smallest absolute Gasteiger partial charge is 0.239 e. The van der Waals surface area contributed by atoms with Gasteiger partial charge in [-0.1, -0.05) is 18.6 Å². The van der Waals surface area contributed by atoms with E-state index in [1.165, 1.54) is 22.5 Å². The number of carbonyl (C=O) groups excluding carboxylic acids is 1. The molecule has 2 aliphatic heterocycles. The molecule has 2 fully saturated rings. The fourth-order valence-corrected chi connectivity index (χ4v) is 4.83. The summed E-state index contributed by atoms with van der Waals surface area (Å²) >= 11 is 1.81. The molecule has 5 heteroatoms. The number of benzene rings is 1. The zero-order valence-electron chi connectivity index (χ0n) is 13.3. The zero-order valence-corrected chi connectivity index (χ0v) is 14.1. The molecule has 0 aliphatic carbocycles. The number of rotatable bonds is 2. The molecule has 1 N–H and O–H groups in total. The molecule has 0 radical (unpaired) electrons. The summed E-state index contributed by atoms with van der Waals surface area (Å²) in [6.07, 6.45) is 5.45. The van der Waals surface area contributed by atoms with Gasteiger partial charge in [0, 0.05) is 19.0 Å². The molecule has 23 heavy (non-hydrogen) atoms. The summed E-state index contributed by atoms with van der Waals surface area (Å²) in [5, 5.41) is 4.62. The van der Waals surface area contributed by atoms with Crippen LogP contribution in [0.5, 0.6) is 0 Å². The molecule has 0 spiro atoms. The lowest BCUT2D eigenvalue weighted by Crippen LogP contribution is -2.50. The first-order chi connectivity index (χ1) is 11.3. The molecule has 2 aliphatic rings. The predicted molar refractivity (Wildman–Crippen MR) is 93.8 cm³/mol. The van der Waals surface area contributed by atoms with Crippen molar-refractivity contribution in [3.63, 3.8) is 0 Å². The van der Waals surface area contributed by atoms with Gasteiger partial charge in [0.2, 0.25) is 5.91 Å². The standard InChI is InChI=1S/C18H23N3OS/c22-18(15-6-3-4-10-19-15)21-11-8-13(9-12-21)17-20-14-5-1-2-7-16(14)23-17/h1-2,5,7,13,15,19H,3-4,6,8-12H2/t15-/m0/s1. The van der Waals surface area contributed by atoms with E-state index in [-0.39, 0.29) is 6.04 Å². The van der Waals surface area contributed by atoms with Crippen LogP contribution < -0.4 is 5.32 Å². The van der Waals surface area contributed by atoms with Gasteiger partial charge in [-0.3, -0.25) is 4.79 Å². The van der Waals surface area contributed by atoms with E-state index in [2.05, 4.69) is 28.4 Å². The number of amides is 1. The van der Waals surface area contributed by atoms with Gasteiger partial charge < -0.3 is 10.2 Å². The van der Waals surface area contributed by atoms with Crippen LogP contribution in [0.2, 0.25) is 0 Å². The maximum absolute atomic E-state index is 12.6. The fraction of sp³-hybridized carbons (Fsp3) is 0.556. The van der Waals surface area contributed by atoms with Crippen LogP contribution in [-0.4, -0.2) is 41.5 Å². The molecule has 4 rings (SSSR count). The Morgan fingerprint density at radius 2 is 2.00 bits per heavy atom. The van der Waals surface area contributed by atoms with Crippen LogP contribution >= 0.6 is 11.3 Å². The molecular formula is C18H23N3OS. The molecule has 122 valence electrons. The lowest BCUT2D eigenvalue weighted by atomic mass is 9.96. The van der Waals surface area contributed by atoms with Gasteiger partial charge in [0.05, 0.1) is 21.3 Å². The molecule has 1 amide bonds. The number of thiazole rings is 1. The molecule has 1 atom stereocenters. The van der Waals surface area contributed by atoms with Crippen molar-refractivity contribution in [3.05, 3.63) is 29.3 Å². The van der Waals surface area contributed by atoms with E-state index in [0.717, 1.165) is 44.4 Å². The normalized spacial score (nSPS) is 23.3. The van der Waals surface area contributed by atoms with Gasteiger partial charge in [0.1, 0.15) is 0 Å². The molecule has 1 aromatic heterocycles. The van der Waals surface area contributed by atoms with E-state index in [1.807, 2.05) is 17.4 Å². The number of hydrogen-bond acceptors (Lipinski definition) is 4. The molecule has 2 aromatic rings. The van der Waals surface area contributed by atoms with Crippen LogP contribution in [0.15, 0.2) is 24.3 Å². The SMILES string of the molecule is O=C([C@@H]1CCCCN1)N1CCC(c2nc3ccccc3s2)CC1. The molecule has 3 heterocycles. The summed E-state index contributed by atoms with van der Waals surface area (Å²) in [5.41, 5.74) is 1.11. The summed E-state index contributed by atoms with van der Waals surface area (Å²) in [4.78, 5) is 19.4. The lowest BCUT2D eigenvalue weighted by molar-refractivity contribution is -0.135. The van der Waals surface area contributed by atoms with Crippen LogP contribution in [0, 0.1) is 0 Å². The van der Waals surface area contributed by atoms with Crippen molar-refractivity contribution in [2.24, 2.45) is 0 Å². The highest BCUT2D eigenvalue weighted by atomic mass is 32.1. The monoisotopic (exact) mass is 329 g/mol. The average Bonchev–Trinajstić information content (AvgIpc) is 3.06. The maximum atomic E-state index is 12.6. The van der Waals surface area contributed by atoms with E-state index in [9.17, 15) is 4.79 Å². The van der Waals surface area contributed by atoms with Gasteiger partial charge in [0.25, 0.3) is 0 Å². The minimum Gasteiger partial charge on any atom is -0.341 e. The summed E-state index contributed by atoms with van der Waals surface area (Å²) < 4.78 is 1.27. The molecule has 1 aromatic carbocycles. The maximum Gasteiger partial charge on any atom is 0.239 e. The molecule has 0 unspecified atom stereocenters. The van der Waals surface area contributed by atoms with Crippen LogP contribution in [0.25, 0.3) is 10.2 Å². The topological polar surface area (TPSA) is 45.2 Å². The number of para-hydroxylation sites is 1. The first-order valence-corrected chi connectivity index (χ1v) is 9.50. The van der Waals surface area contributed by atoms with Gasteiger partial charge in [-0.25, -0.2) is 4.98 Å². The van der Waals surface area contributed by atoms with Gasteiger partial charge >= 0.3 is 0 Å². The lowest BCUT2D eigenvalue weighted by Gasteiger charge is -2.35. The number of hydrogen-bond donors (Lipinski definition) is 1. The number of nitrogens with one attached hydrogen (secondary N) is 1. The number of aromatic nitrogens is 1. The Morgan fingerprint density at radius 1 is 1.17 bits per heavy atom. The fourth-order valence-electron chi connectivity index (χ4n) is 3.69. The number of likely N-dealkylation sites (tertiary alicyclic amines) is 1. The second-order valence-corrected chi connectivity index (χ2v) is 7.68. The average molecular weight is 329 g/mol. The van der Waals surface area contributed by atoms with Gasteiger partial charge in [-0.05, 0) is 44.4 Å². The summed E-state index contributed by atoms with van der Waals surface area (Å²) in [6, 6.07) is 8.40. The Morgan fingerprint density at radius 3 is 2.74 bits per heavy atom. The highest BCUT2D eigenvalue weighted by Crippen LogP contribution is 2.34. The molecular weight excluding hydrogens is 306 g/mol. The van der Waals surface area contributed by atoms with Crippen LogP contribution in [0.3, 0.4) is 0 Å². The first kappa shape index (κ1) is 15.1. The van der Waals surface area contributed by atoms with Gasteiger partial charge in [-0.2, -0.15) is 0 Å². The van der Waals surface area contributed by atoms with Crippen molar-refractivity contribution in [1.29, 1.82) is 0 Å². The predicted octanol–water partition coefficient (Wildman–Crippen LogP) is 3.14. The summed E-state index contributed by atoms with van der Waals surface area (Å²) in [7, 11) is 0. The largest absolute Gasteiger partial charge is 0.341 e. The third-order valence-electron chi connectivity index (χ3n) is 5.07. The Labute approximate surface area is 140 Å². The van der Waals surface area contributed by atoms with Gasteiger partial charge in [-0.15, -0.1) is 11.3 Å². The van der Waals surface area contributed by atoms with Gasteiger partial charge in [0.15, 0.2) is 0 Å². The number of nitrogens with zero attached hydrogens (tertiary/aromatic N) is 2. The van der Waals surface area contributed by atoms with Crippen molar-refractivity contribution in [2.75, 3.05) is 19.6 Å². The second-order valence-electron chi connectivity index (χ2n) is 6.62. The van der Waals surface area contributed by atoms with Crippen molar-refractivity contribution in [1.82, 2.24) is 15.2 Å². The highest BCUT2D eigenvalue weighted by Gasteiger charge is 2.30. The summed E-state index contributed by atoms with van der Waals surface area (Å²) in [6.45, 7) is 2.73. The van der Waals surface area contributed by atoms with E-state index in [1.54, 1.807) is 0 Å². The van der Waals surface area contributed by atoms with Crippen molar-refractivity contribution < 1.29 is 4.79 Å². The minimum atomic E-state index is 0.0581. The summed E-state index contributed by atoms with van der Waals surface area (Å²) in [5.74, 6) is 0.822. The number of piperidine rings is 2. The van der Waals surface area contributed by atoms with Crippen LogP contribution in [-0.2, 0) is 4.79 Å². The minimum absolute atomic E-state index is 0.0581. The van der Waals surface area contributed by atoms with E-state index < -0.39 is 0 Å². The second kappa shape index (κ2) is 6.57. The zero-order chi connectivity index (χ0) is 15.6. The Hall–Kier alpha value is -1.46. The third-order valence-corrected chi connectivity index (χ3v) is 6.27. The third kappa shape index (κ3) is 3.12. The first-order valence-electron chi connectivity index (χ1n) is 8.69. The Balaban J connectivity index is 1.39. The van der Waals surface area contributed by atoms with E-state index >= 15 is 0 Å². The molecule has 2 saturated heterocycles. The van der Waals surface area contributed by atoms with Crippen LogP contribution in [0.4, 0.5) is 0 Å². The number of carbonyl (C=O) groups is 1. The Bertz CT molecular complexity index is 651. The van der Waals surface area contributed by atoms with Crippen molar-refractivity contribution in [2.45, 2.75) is 44.1 Å². The van der Waals surface area contributed by atoms with Crippen molar-refractivity contribution >= 4 is 27.5 Å². The van der Waals surface area contributed by atoms with Crippen molar-refractivity contribution in [3.8, 4) is 0 Å². The molecule has 4 nitrogen and oxygen atoms in total. The van der Waals surface area contributed by atoms with E-state index in [4.69, 9.17) is 4.98 Å².